The van der Waals surface area contributed by atoms with Gasteiger partial charge in [-0.15, -0.1) is 0 Å². The topological polar surface area (TPSA) is 9.23 Å². The van der Waals surface area contributed by atoms with Gasteiger partial charge in [0, 0.05) is 0 Å². The Bertz CT molecular complexity index is 157. The van der Waals surface area contributed by atoms with Gasteiger partial charge in [0.1, 0.15) is 0 Å². The van der Waals surface area contributed by atoms with Crippen molar-refractivity contribution in [1.29, 1.82) is 0 Å². The predicted molar refractivity (Wildman–Crippen MR) is 49.5 cm³/mol. The van der Waals surface area contributed by atoms with Gasteiger partial charge in [-0.25, -0.2) is 0 Å². The van der Waals surface area contributed by atoms with Crippen LogP contribution < -0.4 is 0 Å². The van der Waals surface area contributed by atoms with Crippen LogP contribution in [0.15, 0.2) is 49.6 Å². The van der Waals surface area contributed by atoms with Crippen LogP contribution in [0.2, 0.25) is 0 Å². The van der Waals surface area contributed by atoms with Crippen LogP contribution in [0.3, 0.4) is 0 Å². The number of hydrogen-bond acceptors (Lipinski definition) is 1. The first-order chi connectivity index (χ1) is 5.20. The van der Waals surface area contributed by atoms with Gasteiger partial charge in [0.25, 0.3) is 0 Å². The smallest absolute Gasteiger partial charge is 0.0715 e. The Morgan fingerprint density at radius 2 is 1.36 bits per heavy atom. The van der Waals surface area contributed by atoms with Crippen molar-refractivity contribution < 1.29 is 4.74 Å². The molecule has 0 fully saturated rings. The highest BCUT2D eigenvalue weighted by Gasteiger charge is 1.89. The lowest BCUT2D eigenvalue weighted by Gasteiger charge is -2.02. The summed E-state index contributed by atoms with van der Waals surface area (Å²) in [6, 6.07) is 0. The van der Waals surface area contributed by atoms with Gasteiger partial charge in [-0.2, -0.15) is 0 Å². The molecule has 0 aliphatic rings. The molecule has 0 aliphatic heterocycles. The normalized spacial score (nSPS) is 8.73. The molecule has 1 heteroatoms. The average Bonchev–Trinajstić information content (AvgIpc) is 2.04. The molecule has 0 aliphatic carbocycles. The molecule has 0 radical (unpaired) electrons. The third-order valence-corrected chi connectivity index (χ3v) is 1.15. The largest absolute Gasteiger partial charge is 0.372 e. The van der Waals surface area contributed by atoms with E-state index >= 15 is 0 Å². The fraction of sp³-hybridized carbons (Fsp3) is 0.200. The van der Waals surface area contributed by atoms with Crippen LogP contribution >= 0.6 is 0 Å². The van der Waals surface area contributed by atoms with Gasteiger partial charge in [-0.05, 0) is 11.1 Å². The van der Waals surface area contributed by atoms with E-state index in [1.807, 2.05) is 0 Å². The van der Waals surface area contributed by atoms with E-state index in [1.165, 1.54) is 0 Å². The molecule has 0 bridgehead atoms. The lowest BCUT2D eigenvalue weighted by molar-refractivity contribution is 0.185. The van der Waals surface area contributed by atoms with Crippen LogP contribution in [0.4, 0.5) is 0 Å². The summed E-state index contributed by atoms with van der Waals surface area (Å²) >= 11 is 0. The number of ether oxygens (including phenoxy) is 1. The SMILES string of the molecule is C=CC(=C)COCC(=C)C=C. The van der Waals surface area contributed by atoms with E-state index in [9.17, 15) is 0 Å². The fourth-order valence-corrected chi connectivity index (χ4v) is 0.431. The molecule has 1 nitrogen and oxygen atoms in total. The first-order valence-electron chi connectivity index (χ1n) is 3.39. The molecule has 0 aromatic heterocycles. The molecule has 0 saturated carbocycles. The molecule has 0 aromatic rings. The van der Waals surface area contributed by atoms with Crippen molar-refractivity contribution in [2.45, 2.75) is 0 Å². The highest BCUT2D eigenvalue weighted by atomic mass is 16.5. The molecule has 0 atom stereocenters. The molecule has 0 N–H and O–H groups in total. The highest BCUT2D eigenvalue weighted by molar-refractivity contribution is 5.13. The summed E-state index contributed by atoms with van der Waals surface area (Å²) in [5.74, 6) is 0. The maximum Gasteiger partial charge on any atom is 0.0715 e. The lowest BCUT2D eigenvalue weighted by atomic mass is 10.3. The molecule has 0 saturated heterocycles. The lowest BCUT2D eigenvalue weighted by Crippen LogP contribution is -1.98. The second kappa shape index (κ2) is 5.69. The van der Waals surface area contributed by atoms with Crippen molar-refractivity contribution in [3.63, 3.8) is 0 Å². The molecule has 0 aromatic carbocycles. The van der Waals surface area contributed by atoms with E-state index in [4.69, 9.17) is 4.74 Å². The summed E-state index contributed by atoms with van der Waals surface area (Å²) in [5.41, 5.74) is 1.75. The van der Waals surface area contributed by atoms with Crippen molar-refractivity contribution in [2.75, 3.05) is 13.2 Å². The second-order valence-corrected chi connectivity index (χ2v) is 2.22. The first kappa shape index (κ1) is 9.92. The minimum absolute atomic E-state index is 0.510. The van der Waals surface area contributed by atoms with Crippen molar-refractivity contribution in [3.8, 4) is 0 Å². The van der Waals surface area contributed by atoms with E-state index in [0.29, 0.717) is 13.2 Å². The van der Waals surface area contributed by atoms with Gasteiger partial charge in [0.15, 0.2) is 0 Å². The zero-order chi connectivity index (χ0) is 8.69. The maximum absolute atomic E-state index is 5.20. The average molecular weight is 150 g/mol. The van der Waals surface area contributed by atoms with Crippen LogP contribution in [0.5, 0.6) is 0 Å². The van der Waals surface area contributed by atoms with Crippen LogP contribution in [-0.2, 0) is 4.74 Å². The van der Waals surface area contributed by atoms with E-state index in [2.05, 4.69) is 26.3 Å². The number of hydrogen-bond donors (Lipinski definition) is 0. The Labute approximate surface area is 68.4 Å². The second-order valence-electron chi connectivity index (χ2n) is 2.22. The Morgan fingerprint density at radius 1 is 1.00 bits per heavy atom. The van der Waals surface area contributed by atoms with E-state index in [0.717, 1.165) is 11.1 Å². The van der Waals surface area contributed by atoms with Crippen molar-refractivity contribution in [2.24, 2.45) is 0 Å². The number of rotatable bonds is 6. The van der Waals surface area contributed by atoms with Crippen LogP contribution in [0.25, 0.3) is 0 Å². The van der Waals surface area contributed by atoms with Gasteiger partial charge in [-0.1, -0.05) is 38.5 Å². The molecule has 0 spiro atoms. The van der Waals surface area contributed by atoms with Crippen LogP contribution in [0.1, 0.15) is 0 Å². The maximum atomic E-state index is 5.20. The van der Waals surface area contributed by atoms with E-state index in [1.54, 1.807) is 12.2 Å². The Morgan fingerprint density at radius 3 is 1.64 bits per heavy atom. The molecule has 0 unspecified atom stereocenters. The minimum atomic E-state index is 0.510. The van der Waals surface area contributed by atoms with Crippen molar-refractivity contribution in [1.82, 2.24) is 0 Å². The van der Waals surface area contributed by atoms with Crippen LogP contribution in [-0.4, -0.2) is 13.2 Å². The Balaban J connectivity index is 3.41. The summed E-state index contributed by atoms with van der Waals surface area (Å²) in [6.45, 7) is 15.5. The summed E-state index contributed by atoms with van der Waals surface area (Å²) in [4.78, 5) is 0. The van der Waals surface area contributed by atoms with Gasteiger partial charge in [0.05, 0.1) is 13.2 Å². The third-order valence-electron chi connectivity index (χ3n) is 1.15. The summed E-state index contributed by atoms with van der Waals surface area (Å²) in [7, 11) is 0. The Kier molecular flexibility index (Phi) is 5.13. The molecule has 0 heterocycles. The molecule has 0 rings (SSSR count). The van der Waals surface area contributed by atoms with Gasteiger partial charge in [-0.3, -0.25) is 0 Å². The quantitative estimate of drug-likeness (QED) is 0.528. The van der Waals surface area contributed by atoms with Gasteiger partial charge < -0.3 is 4.74 Å². The zero-order valence-corrected chi connectivity index (χ0v) is 6.81. The predicted octanol–water partition coefficient (Wildman–Crippen LogP) is 2.49. The fourth-order valence-electron chi connectivity index (χ4n) is 0.431. The van der Waals surface area contributed by atoms with Gasteiger partial charge >= 0.3 is 0 Å². The minimum Gasteiger partial charge on any atom is -0.372 e. The monoisotopic (exact) mass is 150 g/mol. The molecule has 11 heavy (non-hydrogen) atoms. The van der Waals surface area contributed by atoms with Gasteiger partial charge in [0.2, 0.25) is 0 Å². The summed E-state index contributed by atoms with van der Waals surface area (Å²) in [6.07, 6.45) is 3.35. The summed E-state index contributed by atoms with van der Waals surface area (Å²) < 4.78 is 5.20. The molecular weight excluding hydrogens is 136 g/mol. The zero-order valence-electron chi connectivity index (χ0n) is 6.81. The third kappa shape index (κ3) is 5.37. The van der Waals surface area contributed by atoms with Crippen molar-refractivity contribution >= 4 is 0 Å². The van der Waals surface area contributed by atoms with E-state index < -0.39 is 0 Å². The van der Waals surface area contributed by atoms with Crippen LogP contribution in [0, 0.1) is 0 Å². The standard InChI is InChI=1S/C10H14O/c1-5-9(3)7-11-8-10(4)6-2/h5-6H,1-4,7-8H2. The molecule has 0 amide bonds. The van der Waals surface area contributed by atoms with Crippen molar-refractivity contribution in [3.05, 3.63) is 49.6 Å². The van der Waals surface area contributed by atoms with E-state index in [-0.39, 0.29) is 0 Å². The Hall–Kier alpha value is -1.08. The highest BCUT2D eigenvalue weighted by Crippen LogP contribution is 1.96. The molecular formula is C10H14O. The first-order valence-corrected chi connectivity index (χ1v) is 3.39. The molecule has 60 valence electrons. The summed E-state index contributed by atoms with van der Waals surface area (Å²) in [5, 5.41) is 0.